The van der Waals surface area contributed by atoms with E-state index in [0.717, 1.165) is 16.3 Å². The Hall–Kier alpha value is -2.73. The Morgan fingerprint density at radius 2 is 1.89 bits per heavy atom. The second-order valence-corrected chi connectivity index (χ2v) is 7.87. The van der Waals surface area contributed by atoms with Gasteiger partial charge in [0.2, 0.25) is 5.91 Å². The lowest BCUT2D eigenvalue weighted by Crippen LogP contribution is -2.49. The van der Waals surface area contributed by atoms with Crippen LogP contribution < -0.4 is 4.90 Å². The Morgan fingerprint density at radius 3 is 2.64 bits per heavy atom. The highest BCUT2D eigenvalue weighted by molar-refractivity contribution is 7.13. The summed E-state index contributed by atoms with van der Waals surface area (Å²) in [4.78, 5) is 21.2. The van der Waals surface area contributed by atoms with Crippen LogP contribution in [0.4, 0.5) is 10.1 Å². The lowest BCUT2D eigenvalue weighted by Gasteiger charge is -2.36. The van der Waals surface area contributed by atoms with E-state index in [9.17, 15) is 9.18 Å². The summed E-state index contributed by atoms with van der Waals surface area (Å²) in [6, 6.07) is 15.0. The Bertz CT molecular complexity index is 979. The third-order valence-electron chi connectivity index (χ3n) is 4.97. The molecule has 0 spiro atoms. The van der Waals surface area contributed by atoms with E-state index in [1.807, 2.05) is 33.4 Å². The van der Waals surface area contributed by atoms with Crippen molar-refractivity contribution in [2.75, 3.05) is 31.1 Å². The van der Waals surface area contributed by atoms with Crippen LogP contribution in [0.25, 0.3) is 10.6 Å². The SMILES string of the molecule is Cc1cccc(-c2nc(CC(=O)N3CCN(c4ccccc4F)CC3)cs2)c1. The number of aromatic nitrogens is 1. The molecule has 28 heavy (non-hydrogen) atoms. The molecule has 6 heteroatoms. The lowest BCUT2D eigenvalue weighted by atomic mass is 10.1. The number of piperazine rings is 1. The predicted molar refractivity (Wildman–Crippen MR) is 111 cm³/mol. The van der Waals surface area contributed by atoms with Gasteiger partial charge in [-0.25, -0.2) is 9.37 Å². The van der Waals surface area contributed by atoms with E-state index in [-0.39, 0.29) is 11.7 Å². The fourth-order valence-electron chi connectivity index (χ4n) is 3.47. The van der Waals surface area contributed by atoms with Gasteiger partial charge in [-0.05, 0) is 25.1 Å². The maximum atomic E-state index is 14.0. The number of nitrogens with zero attached hydrogens (tertiary/aromatic N) is 3. The molecule has 1 aliphatic heterocycles. The molecule has 0 N–H and O–H groups in total. The molecule has 1 amide bonds. The number of hydrogen-bond donors (Lipinski definition) is 0. The monoisotopic (exact) mass is 395 g/mol. The second-order valence-electron chi connectivity index (χ2n) is 7.01. The summed E-state index contributed by atoms with van der Waals surface area (Å²) in [5.41, 5.74) is 3.69. The Kier molecular flexibility index (Phi) is 5.39. The smallest absolute Gasteiger partial charge is 0.228 e. The topological polar surface area (TPSA) is 36.4 Å². The van der Waals surface area contributed by atoms with E-state index in [1.165, 1.54) is 11.6 Å². The van der Waals surface area contributed by atoms with Gasteiger partial charge in [0.25, 0.3) is 0 Å². The quantitative estimate of drug-likeness (QED) is 0.666. The van der Waals surface area contributed by atoms with Crippen molar-refractivity contribution in [3.63, 3.8) is 0 Å². The average Bonchev–Trinajstić information content (AvgIpc) is 3.17. The number of anilines is 1. The summed E-state index contributed by atoms with van der Waals surface area (Å²) in [7, 11) is 0. The van der Waals surface area contributed by atoms with Crippen LogP contribution in [0.1, 0.15) is 11.3 Å². The van der Waals surface area contributed by atoms with Gasteiger partial charge in [-0.2, -0.15) is 0 Å². The first-order chi connectivity index (χ1) is 13.6. The highest BCUT2D eigenvalue weighted by Gasteiger charge is 2.23. The first-order valence-corrected chi connectivity index (χ1v) is 10.3. The number of amides is 1. The molecule has 0 aliphatic carbocycles. The summed E-state index contributed by atoms with van der Waals surface area (Å²) in [5.74, 6) is -0.136. The van der Waals surface area contributed by atoms with Gasteiger partial charge in [-0.15, -0.1) is 11.3 Å². The zero-order valence-electron chi connectivity index (χ0n) is 15.8. The summed E-state index contributed by atoms with van der Waals surface area (Å²) in [6.45, 7) is 4.53. The molecule has 0 bridgehead atoms. The number of para-hydroxylation sites is 1. The number of rotatable bonds is 4. The Balaban J connectivity index is 1.36. The van der Waals surface area contributed by atoms with E-state index < -0.39 is 0 Å². The molecule has 144 valence electrons. The first-order valence-electron chi connectivity index (χ1n) is 9.39. The van der Waals surface area contributed by atoms with Gasteiger partial charge in [0.1, 0.15) is 10.8 Å². The van der Waals surface area contributed by atoms with Gasteiger partial charge in [0.15, 0.2) is 0 Å². The molecule has 0 atom stereocenters. The van der Waals surface area contributed by atoms with E-state index in [0.29, 0.717) is 38.3 Å². The van der Waals surface area contributed by atoms with Crippen LogP contribution in [-0.2, 0) is 11.2 Å². The zero-order valence-corrected chi connectivity index (χ0v) is 16.6. The lowest BCUT2D eigenvalue weighted by molar-refractivity contribution is -0.130. The third kappa shape index (κ3) is 4.07. The molecular weight excluding hydrogens is 373 g/mol. The van der Waals surface area contributed by atoms with Crippen LogP contribution in [0.15, 0.2) is 53.9 Å². The molecule has 0 unspecified atom stereocenters. The molecule has 4 nitrogen and oxygen atoms in total. The van der Waals surface area contributed by atoms with Gasteiger partial charge in [-0.3, -0.25) is 4.79 Å². The van der Waals surface area contributed by atoms with Crippen LogP contribution >= 0.6 is 11.3 Å². The minimum atomic E-state index is -0.214. The molecule has 0 radical (unpaired) electrons. The Morgan fingerprint density at radius 1 is 1.11 bits per heavy atom. The maximum absolute atomic E-state index is 14.0. The van der Waals surface area contributed by atoms with Crippen molar-refractivity contribution in [3.05, 3.63) is 71.0 Å². The normalized spacial score (nSPS) is 14.4. The molecule has 2 aromatic carbocycles. The first kappa shape index (κ1) is 18.6. The van der Waals surface area contributed by atoms with Crippen molar-refractivity contribution in [2.45, 2.75) is 13.3 Å². The fourth-order valence-corrected chi connectivity index (χ4v) is 4.29. The standard InChI is InChI=1S/C22H22FN3OS/c1-16-5-4-6-17(13-16)22-24-18(15-28-22)14-21(27)26-11-9-25(10-12-26)20-8-3-2-7-19(20)23/h2-8,13,15H,9-12,14H2,1H3. The van der Waals surface area contributed by atoms with Crippen molar-refractivity contribution in [2.24, 2.45) is 0 Å². The molecule has 0 saturated carbocycles. The maximum Gasteiger partial charge on any atom is 0.228 e. The molecule has 1 aromatic heterocycles. The number of carbonyl (C=O) groups excluding carboxylic acids is 1. The number of aryl methyl sites for hydroxylation is 1. The summed E-state index contributed by atoms with van der Waals surface area (Å²) in [6.07, 6.45) is 0.308. The van der Waals surface area contributed by atoms with Crippen LogP contribution in [0.5, 0.6) is 0 Å². The number of halogens is 1. The average molecular weight is 396 g/mol. The molecule has 1 saturated heterocycles. The molecule has 2 heterocycles. The summed E-state index contributed by atoms with van der Waals surface area (Å²) < 4.78 is 14.0. The summed E-state index contributed by atoms with van der Waals surface area (Å²) in [5, 5.41) is 2.90. The number of thiazole rings is 1. The fraction of sp³-hybridized carbons (Fsp3) is 0.273. The number of carbonyl (C=O) groups is 1. The Labute approximate surface area is 168 Å². The van der Waals surface area contributed by atoms with Crippen LogP contribution in [0.2, 0.25) is 0 Å². The molecule has 1 aliphatic rings. The van der Waals surface area contributed by atoms with Crippen molar-refractivity contribution in [3.8, 4) is 10.6 Å². The van der Waals surface area contributed by atoms with Crippen molar-refractivity contribution < 1.29 is 9.18 Å². The van der Waals surface area contributed by atoms with Crippen LogP contribution in [-0.4, -0.2) is 42.0 Å². The predicted octanol–water partition coefficient (Wildman–Crippen LogP) is 4.15. The molecular formula is C22H22FN3OS. The minimum Gasteiger partial charge on any atom is -0.366 e. The summed E-state index contributed by atoms with van der Waals surface area (Å²) >= 11 is 1.57. The van der Waals surface area contributed by atoms with E-state index in [1.54, 1.807) is 23.5 Å². The van der Waals surface area contributed by atoms with E-state index >= 15 is 0 Å². The van der Waals surface area contributed by atoms with Gasteiger partial charge in [0, 0.05) is 37.1 Å². The van der Waals surface area contributed by atoms with Crippen LogP contribution in [0, 0.1) is 12.7 Å². The largest absolute Gasteiger partial charge is 0.366 e. The highest BCUT2D eigenvalue weighted by atomic mass is 32.1. The second kappa shape index (κ2) is 8.10. The minimum absolute atomic E-state index is 0.0780. The van der Waals surface area contributed by atoms with Crippen LogP contribution in [0.3, 0.4) is 0 Å². The molecule has 3 aromatic rings. The van der Waals surface area contributed by atoms with Crippen molar-refractivity contribution in [1.82, 2.24) is 9.88 Å². The molecule has 4 rings (SSSR count). The van der Waals surface area contributed by atoms with Crippen molar-refractivity contribution >= 4 is 22.9 Å². The van der Waals surface area contributed by atoms with Gasteiger partial charge in [-0.1, -0.05) is 35.9 Å². The number of hydrogen-bond acceptors (Lipinski definition) is 4. The zero-order chi connectivity index (χ0) is 19.5. The van der Waals surface area contributed by atoms with Crippen molar-refractivity contribution in [1.29, 1.82) is 0 Å². The van der Waals surface area contributed by atoms with Gasteiger partial charge >= 0.3 is 0 Å². The third-order valence-corrected chi connectivity index (χ3v) is 5.91. The van der Waals surface area contributed by atoms with Gasteiger partial charge in [0.05, 0.1) is 17.8 Å². The number of benzene rings is 2. The van der Waals surface area contributed by atoms with E-state index in [4.69, 9.17) is 0 Å². The van der Waals surface area contributed by atoms with E-state index in [2.05, 4.69) is 24.0 Å². The molecule has 1 fully saturated rings. The highest BCUT2D eigenvalue weighted by Crippen LogP contribution is 2.25. The van der Waals surface area contributed by atoms with Gasteiger partial charge < -0.3 is 9.80 Å².